The average Bonchev–Trinajstić information content (AvgIpc) is 3.12. The van der Waals surface area contributed by atoms with Crippen LogP contribution < -0.4 is 5.32 Å². The van der Waals surface area contributed by atoms with Gasteiger partial charge in [-0.25, -0.2) is 4.98 Å². The van der Waals surface area contributed by atoms with E-state index in [4.69, 9.17) is 0 Å². The summed E-state index contributed by atoms with van der Waals surface area (Å²) in [6.07, 6.45) is 8.68. The number of unbranched alkanes of at least 4 members (excludes halogenated alkanes) is 7. The Labute approximate surface area is 221 Å². The van der Waals surface area contributed by atoms with Gasteiger partial charge < -0.3 is 5.32 Å². The molecule has 3 rings (SSSR count). The molecule has 0 amide bonds. The summed E-state index contributed by atoms with van der Waals surface area (Å²) in [7, 11) is 0. The van der Waals surface area contributed by atoms with E-state index in [0.717, 1.165) is 70.3 Å². The molecule has 194 valence electrons. The van der Waals surface area contributed by atoms with Gasteiger partial charge in [0.25, 0.3) is 0 Å². The van der Waals surface area contributed by atoms with Crippen LogP contribution >= 0.6 is 25.4 Å². The van der Waals surface area contributed by atoms with Crippen LogP contribution in [0.3, 0.4) is 0 Å². The van der Waals surface area contributed by atoms with Crippen molar-refractivity contribution in [1.82, 2.24) is 19.3 Å². The summed E-state index contributed by atoms with van der Waals surface area (Å²) in [5.41, 5.74) is 3.53. The van der Waals surface area contributed by atoms with Crippen molar-refractivity contribution in [3.05, 3.63) is 41.7 Å². The van der Waals surface area contributed by atoms with Crippen LogP contribution in [0.5, 0.6) is 0 Å². The number of pyridine rings is 2. The number of fused-ring (bicyclic) bond motifs is 1. The van der Waals surface area contributed by atoms with Crippen molar-refractivity contribution in [2.24, 2.45) is 0 Å². The van der Waals surface area contributed by atoms with Crippen LogP contribution in [0.2, 0.25) is 0 Å². The van der Waals surface area contributed by atoms with Gasteiger partial charge in [-0.05, 0) is 50.4 Å². The number of rotatable bonds is 13. The molecule has 10 heteroatoms. The van der Waals surface area contributed by atoms with Crippen molar-refractivity contribution >= 4 is 36.5 Å². The fourth-order valence-corrected chi connectivity index (χ4v) is 4.70. The van der Waals surface area contributed by atoms with Crippen LogP contribution in [0, 0.1) is 11.3 Å². The standard InChI is InChI=1S/C26H32F3N5S2/c1-18(26(27,28)29)31-13-9-7-5-3-2-4-6-8-10-19-11-12-23(32-16-19)24-22(15-30)21-14-20(35)17-33-25(21)34(24)36/h11-12,14,16-18,31,35-36H,2-10,13H2,1H3/t18-/m0/s1. The maximum Gasteiger partial charge on any atom is 0.403 e. The number of nitrogens with one attached hydrogen (secondary N) is 1. The predicted molar refractivity (Wildman–Crippen MR) is 143 cm³/mol. The second-order valence-corrected chi connectivity index (χ2v) is 9.98. The van der Waals surface area contributed by atoms with E-state index in [1.807, 2.05) is 24.4 Å². The minimum absolute atomic E-state index is 0.412. The second kappa shape index (κ2) is 13.4. The largest absolute Gasteiger partial charge is 0.403 e. The van der Waals surface area contributed by atoms with Crippen molar-refractivity contribution in [3.63, 3.8) is 0 Å². The minimum Gasteiger partial charge on any atom is -0.306 e. The second-order valence-electron chi connectivity index (χ2n) is 9.06. The van der Waals surface area contributed by atoms with Crippen molar-refractivity contribution in [2.45, 2.75) is 81.8 Å². The van der Waals surface area contributed by atoms with Crippen LogP contribution in [-0.2, 0) is 6.42 Å². The zero-order valence-corrected chi connectivity index (χ0v) is 22.1. The monoisotopic (exact) mass is 535 g/mol. The van der Waals surface area contributed by atoms with Crippen LogP contribution in [0.4, 0.5) is 13.2 Å². The highest BCUT2D eigenvalue weighted by Gasteiger charge is 2.35. The minimum atomic E-state index is -4.17. The number of aryl methyl sites for hydroxylation is 1. The van der Waals surface area contributed by atoms with E-state index in [1.54, 1.807) is 10.2 Å². The highest BCUT2D eigenvalue weighted by molar-refractivity contribution is 7.80. The van der Waals surface area contributed by atoms with Gasteiger partial charge in [0.2, 0.25) is 0 Å². The summed E-state index contributed by atoms with van der Waals surface area (Å²) in [5.74, 6) is 0. The molecule has 0 fully saturated rings. The molecule has 0 aliphatic carbocycles. The molecule has 5 nitrogen and oxygen atoms in total. The number of halogens is 3. The molecule has 0 radical (unpaired) electrons. The molecule has 0 aliphatic heterocycles. The van der Waals surface area contributed by atoms with Crippen LogP contribution in [-0.4, -0.2) is 32.7 Å². The van der Waals surface area contributed by atoms with Crippen molar-refractivity contribution in [2.75, 3.05) is 6.54 Å². The lowest BCUT2D eigenvalue weighted by molar-refractivity contribution is -0.151. The zero-order valence-electron chi connectivity index (χ0n) is 20.4. The van der Waals surface area contributed by atoms with E-state index in [9.17, 15) is 18.4 Å². The third-order valence-corrected chi connectivity index (χ3v) is 6.92. The molecular weight excluding hydrogens is 503 g/mol. The smallest absolute Gasteiger partial charge is 0.306 e. The molecule has 1 atom stereocenters. The fraction of sp³-hybridized carbons (Fsp3) is 0.500. The Bertz CT molecular complexity index is 1170. The summed E-state index contributed by atoms with van der Waals surface area (Å²) >= 11 is 8.87. The maximum absolute atomic E-state index is 12.4. The number of nitrogens with zero attached hydrogens (tertiary/aromatic N) is 4. The summed E-state index contributed by atoms with van der Waals surface area (Å²) in [6, 6.07) is 6.59. The van der Waals surface area contributed by atoms with E-state index < -0.39 is 12.2 Å². The third kappa shape index (κ3) is 7.64. The Morgan fingerprint density at radius 3 is 2.31 bits per heavy atom. The SMILES string of the molecule is C[C@H](NCCCCCCCCCCc1ccc(-c2c(C#N)c3cc(S)cnc3n2S)nc1)C(F)(F)F. The van der Waals surface area contributed by atoms with Gasteiger partial charge in [-0.15, -0.1) is 12.6 Å². The first-order valence-electron chi connectivity index (χ1n) is 12.3. The van der Waals surface area contributed by atoms with Gasteiger partial charge in [-0.2, -0.15) is 18.4 Å². The van der Waals surface area contributed by atoms with Crippen LogP contribution in [0.15, 0.2) is 35.5 Å². The van der Waals surface area contributed by atoms with Gasteiger partial charge in [-0.1, -0.05) is 57.4 Å². The average molecular weight is 536 g/mol. The normalized spacial score (nSPS) is 12.7. The Hall–Kier alpha value is -2.22. The Kier molecular flexibility index (Phi) is 10.5. The molecule has 1 N–H and O–H groups in total. The van der Waals surface area contributed by atoms with Gasteiger partial charge in [0.15, 0.2) is 5.65 Å². The lowest BCUT2D eigenvalue weighted by Gasteiger charge is -2.16. The number of aromatic nitrogens is 3. The first kappa shape index (κ1) is 28.4. The van der Waals surface area contributed by atoms with Crippen molar-refractivity contribution in [3.8, 4) is 17.5 Å². The van der Waals surface area contributed by atoms with Gasteiger partial charge in [0.1, 0.15) is 12.1 Å². The molecule has 0 spiro atoms. The van der Waals surface area contributed by atoms with Crippen LogP contribution in [0.25, 0.3) is 22.4 Å². The molecule has 0 aliphatic rings. The van der Waals surface area contributed by atoms with E-state index in [0.29, 0.717) is 39.4 Å². The van der Waals surface area contributed by atoms with E-state index in [1.165, 1.54) is 0 Å². The molecule has 0 bridgehead atoms. The molecule has 0 saturated heterocycles. The lowest BCUT2D eigenvalue weighted by Crippen LogP contribution is -2.39. The van der Waals surface area contributed by atoms with E-state index >= 15 is 0 Å². The molecule has 36 heavy (non-hydrogen) atoms. The molecule has 3 aromatic heterocycles. The lowest BCUT2D eigenvalue weighted by atomic mass is 10.0. The molecule has 0 saturated carbocycles. The topological polar surface area (TPSA) is 66.5 Å². The number of alkyl halides is 3. The molecule has 3 heterocycles. The summed E-state index contributed by atoms with van der Waals surface area (Å²) in [4.78, 5) is 9.62. The highest BCUT2D eigenvalue weighted by atomic mass is 32.1. The number of thiol groups is 2. The molecule has 0 unspecified atom stereocenters. The Balaban J connectivity index is 1.36. The van der Waals surface area contributed by atoms with Gasteiger partial charge in [0.05, 0.1) is 17.0 Å². The quantitative estimate of drug-likeness (QED) is 0.161. The van der Waals surface area contributed by atoms with Gasteiger partial charge in [0, 0.05) is 22.7 Å². The Morgan fingerprint density at radius 2 is 1.69 bits per heavy atom. The van der Waals surface area contributed by atoms with E-state index in [2.05, 4.69) is 46.8 Å². The summed E-state index contributed by atoms with van der Waals surface area (Å²) in [5, 5.41) is 13.0. The summed E-state index contributed by atoms with van der Waals surface area (Å²) in [6.45, 7) is 1.57. The third-order valence-electron chi connectivity index (χ3n) is 6.28. The fourth-order valence-electron chi connectivity index (χ4n) is 4.15. The predicted octanol–water partition coefficient (Wildman–Crippen LogP) is 7.16. The highest BCUT2D eigenvalue weighted by Crippen LogP contribution is 2.33. The molecular formula is C26H32F3N5S2. The number of hydrogen-bond acceptors (Lipinski definition) is 6. The maximum atomic E-state index is 12.4. The first-order valence-corrected chi connectivity index (χ1v) is 13.1. The van der Waals surface area contributed by atoms with Crippen molar-refractivity contribution in [1.29, 1.82) is 5.26 Å². The van der Waals surface area contributed by atoms with Gasteiger partial charge >= 0.3 is 6.18 Å². The summed E-state index contributed by atoms with van der Waals surface area (Å²) < 4.78 is 38.9. The Morgan fingerprint density at radius 1 is 1.03 bits per heavy atom. The number of hydrogen-bond donors (Lipinski definition) is 3. The molecule has 3 aromatic rings. The number of nitriles is 1. The molecule has 0 aromatic carbocycles. The van der Waals surface area contributed by atoms with E-state index in [-0.39, 0.29) is 0 Å². The van der Waals surface area contributed by atoms with Crippen LogP contribution in [0.1, 0.15) is 69.4 Å². The zero-order chi connectivity index (χ0) is 26.1. The van der Waals surface area contributed by atoms with Gasteiger partial charge in [-0.3, -0.25) is 8.96 Å². The van der Waals surface area contributed by atoms with Crippen molar-refractivity contribution < 1.29 is 13.2 Å². The first-order chi connectivity index (χ1) is 17.2.